The largest absolute Gasteiger partial charge is 0.394 e. The van der Waals surface area contributed by atoms with Crippen LogP contribution in [0.4, 0.5) is 0 Å². The van der Waals surface area contributed by atoms with E-state index in [1.54, 1.807) is 0 Å². The molecule has 0 aliphatic carbocycles. The van der Waals surface area contributed by atoms with Crippen LogP contribution in [0.5, 0.6) is 0 Å². The molecule has 0 aromatic carbocycles. The lowest BCUT2D eigenvalue weighted by molar-refractivity contribution is -0.123. The first kappa shape index (κ1) is 19.2. The number of carbonyl (C=O) groups is 1. The maximum Gasteiger partial charge on any atom is 0.207 e. The van der Waals surface area contributed by atoms with Crippen LogP contribution in [0.2, 0.25) is 0 Å². The molecule has 6 N–H and O–H groups in total. The Morgan fingerprint density at radius 3 is 2.15 bits per heavy atom. The van der Waals surface area contributed by atoms with Crippen molar-refractivity contribution in [1.82, 2.24) is 5.32 Å². The van der Waals surface area contributed by atoms with Crippen molar-refractivity contribution in [1.29, 1.82) is 0 Å². The van der Waals surface area contributed by atoms with Gasteiger partial charge in [0.25, 0.3) is 0 Å². The minimum atomic E-state index is -1.24. The van der Waals surface area contributed by atoms with Crippen LogP contribution in [0.15, 0.2) is 0 Å². The van der Waals surface area contributed by atoms with Crippen molar-refractivity contribution >= 4 is 6.41 Å². The van der Waals surface area contributed by atoms with Crippen LogP contribution < -0.4 is 5.32 Å². The van der Waals surface area contributed by atoms with Gasteiger partial charge in [0, 0.05) is 0 Å². The van der Waals surface area contributed by atoms with Gasteiger partial charge in [-0.05, 0) is 19.8 Å². The first-order valence-corrected chi connectivity index (χ1v) is 6.53. The van der Waals surface area contributed by atoms with Gasteiger partial charge in [0.2, 0.25) is 6.41 Å². The Morgan fingerprint density at radius 1 is 1.10 bits per heavy atom. The molecule has 0 fully saturated rings. The van der Waals surface area contributed by atoms with E-state index in [1.165, 1.54) is 6.92 Å². The summed E-state index contributed by atoms with van der Waals surface area (Å²) in [5, 5.41) is 48.3. The number of aliphatic hydroxyl groups excluding tert-OH is 5. The van der Waals surface area contributed by atoms with Gasteiger partial charge in [0.05, 0.1) is 38.1 Å². The van der Waals surface area contributed by atoms with Gasteiger partial charge in [-0.15, -0.1) is 0 Å². The third kappa shape index (κ3) is 7.13. The topological polar surface area (TPSA) is 139 Å². The van der Waals surface area contributed by atoms with Crippen LogP contribution in [0, 0.1) is 0 Å². The third-order valence-electron chi connectivity index (χ3n) is 3.03. The van der Waals surface area contributed by atoms with Crippen LogP contribution in [0.1, 0.15) is 19.8 Å². The lowest BCUT2D eigenvalue weighted by atomic mass is 10.0. The summed E-state index contributed by atoms with van der Waals surface area (Å²) in [7, 11) is 0. The number of hydrogen-bond donors (Lipinski definition) is 6. The van der Waals surface area contributed by atoms with E-state index in [9.17, 15) is 20.1 Å². The average molecular weight is 295 g/mol. The fraction of sp³-hybridized carbons (Fsp3) is 0.917. The summed E-state index contributed by atoms with van der Waals surface area (Å²) in [5.74, 6) is 0. The predicted octanol–water partition coefficient (Wildman–Crippen LogP) is -2.65. The molecule has 0 spiro atoms. The van der Waals surface area contributed by atoms with E-state index >= 15 is 0 Å². The number of rotatable bonds is 12. The molecule has 8 heteroatoms. The Hall–Kier alpha value is -0.770. The molecule has 0 aliphatic heterocycles. The molecular formula is C12H25NO7. The van der Waals surface area contributed by atoms with Gasteiger partial charge in [-0.2, -0.15) is 0 Å². The quantitative estimate of drug-likeness (QED) is 0.216. The summed E-state index contributed by atoms with van der Waals surface area (Å²) in [4.78, 5) is 10.4. The summed E-state index contributed by atoms with van der Waals surface area (Å²) in [6.45, 7) is 0.126. The standard InChI is InChI=1S/C12H25NO7/c1-8(18)10(13-7-17)3-2-9(4-14)20-12(6-16)11(19)5-15/h7-12,14-16,18-19H,2-6H2,1H3,(H,13,17)/t8-,9-,10+,11-,12?/m1/s1. The molecule has 0 aromatic heterocycles. The number of carbonyl (C=O) groups excluding carboxylic acids is 1. The van der Waals surface area contributed by atoms with Crippen LogP contribution in [-0.4, -0.2) is 82.2 Å². The van der Waals surface area contributed by atoms with E-state index in [1.807, 2.05) is 0 Å². The zero-order valence-corrected chi connectivity index (χ0v) is 11.6. The van der Waals surface area contributed by atoms with E-state index in [2.05, 4.69) is 5.32 Å². The summed E-state index contributed by atoms with van der Waals surface area (Å²) in [6.07, 6.45) is -2.52. The van der Waals surface area contributed by atoms with Crippen LogP contribution in [0.25, 0.3) is 0 Å². The lowest BCUT2D eigenvalue weighted by Gasteiger charge is -2.27. The number of amides is 1. The highest BCUT2D eigenvalue weighted by atomic mass is 16.5. The average Bonchev–Trinajstić information content (AvgIpc) is 2.45. The van der Waals surface area contributed by atoms with Gasteiger partial charge < -0.3 is 35.6 Å². The molecule has 0 radical (unpaired) electrons. The maximum atomic E-state index is 10.4. The molecule has 120 valence electrons. The van der Waals surface area contributed by atoms with Crippen LogP contribution in [0.3, 0.4) is 0 Å². The summed E-state index contributed by atoms with van der Waals surface area (Å²) < 4.78 is 5.30. The Balaban J connectivity index is 4.35. The Morgan fingerprint density at radius 2 is 1.75 bits per heavy atom. The van der Waals surface area contributed by atoms with Crippen molar-refractivity contribution in [2.75, 3.05) is 19.8 Å². The second-order valence-electron chi connectivity index (χ2n) is 4.62. The van der Waals surface area contributed by atoms with E-state index in [-0.39, 0.29) is 6.61 Å². The molecule has 0 aliphatic rings. The highest BCUT2D eigenvalue weighted by Gasteiger charge is 2.24. The molecule has 0 heterocycles. The lowest BCUT2D eigenvalue weighted by Crippen LogP contribution is -2.41. The van der Waals surface area contributed by atoms with E-state index < -0.39 is 43.7 Å². The fourth-order valence-electron chi connectivity index (χ4n) is 1.74. The SMILES string of the molecule is C[C@@H](O)[C@H](CC[C@H](CO)OC(CO)[C@H](O)CO)NC=O. The van der Waals surface area contributed by atoms with Gasteiger partial charge in [-0.25, -0.2) is 0 Å². The molecule has 20 heavy (non-hydrogen) atoms. The highest BCUT2D eigenvalue weighted by Crippen LogP contribution is 2.11. The van der Waals surface area contributed by atoms with E-state index in [0.29, 0.717) is 19.3 Å². The smallest absolute Gasteiger partial charge is 0.207 e. The monoisotopic (exact) mass is 295 g/mol. The van der Waals surface area contributed by atoms with Crippen LogP contribution in [-0.2, 0) is 9.53 Å². The molecule has 0 saturated heterocycles. The molecule has 0 bridgehead atoms. The zero-order chi connectivity index (χ0) is 15.5. The highest BCUT2D eigenvalue weighted by molar-refractivity contribution is 5.46. The van der Waals surface area contributed by atoms with Gasteiger partial charge >= 0.3 is 0 Å². The van der Waals surface area contributed by atoms with Crippen molar-refractivity contribution in [3.8, 4) is 0 Å². The Kier molecular flexibility index (Phi) is 10.5. The third-order valence-corrected chi connectivity index (χ3v) is 3.03. The second-order valence-corrected chi connectivity index (χ2v) is 4.62. The van der Waals surface area contributed by atoms with Gasteiger partial charge in [-0.3, -0.25) is 4.79 Å². The number of aliphatic hydroxyl groups is 5. The first-order valence-electron chi connectivity index (χ1n) is 6.53. The molecule has 0 aromatic rings. The molecule has 0 saturated carbocycles. The van der Waals surface area contributed by atoms with Gasteiger partial charge in [0.1, 0.15) is 12.2 Å². The van der Waals surface area contributed by atoms with Crippen molar-refractivity contribution in [3.05, 3.63) is 0 Å². The van der Waals surface area contributed by atoms with E-state index in [0.717, 1.165) is 0 Å². The Bertz CT molecular complexity index is 252. The molecule has 5 atom stereocenters. The normalized spacial score (nSPS) is 18.9. The first-order chi connectivity index (χ1) is 9.49. The molecule has 1 unspecified atom stereocenters. The maximum absolute atomic E-state index is 10.4. The Labute approximate surface area is 118 Å². The van der Waals surface area contributed by atoms with E-state index in [4.69, 9.17) is 14.9 Å². The van der Waals surface area contributed by atoms with Crippen molar-refractivity contribution in [2.45, 2.75) is 50.2 Å². The zero-order valence-electron chi connectivity index (χ0n) is 11.6. The van der Waals surface area contributed by atoms with Gasteiger partial charge in [-0.1, -0.05) is 0 Å². The fourth-order valence-corrected chi connectivity index (χ4v) is 1.74. The number of ether oxygens (including phenoxy) is 1. The van der Waals surface area contributed by atoms with Gasteiger partial charge in [0.15, 0.2) is 0 Å². The van der Waals surface area contributed by atoms with Crippen molar-refractivity contribution in [3.63, 3.8) is 0 Å². The molecular weight excluding hydrogens is 270 g/mol. The summed E-state index contributed by atoms with van der Waals surface area (Å²) >= 11 is 0. The van der Waals surface area contributed by atoms with Crippen molar-refractivity contribution < 1.29 is 35.1 Å². The minimum Gasteiger partial charge on any atom is -0.394 e. The summed E-state index contributed by atoms with van der Waals surface area (Å²) in [5.41, 5.74) is 0. The van der Waals surface area contributed by atoms with Crippen LogP contribution >= 0.6 is 0 Å². The molecule has 1 amide bonds. The minimum absolute atomic E-state index is 0.307. The molecule has 8 nitrogen and oxygen atoms in total. The van der Waals surface area contributed by atoms with Crippen molar-refractivity contribution in [2.24, 2.45) is 0 Å². The second kappa shape index (κ2) is 11.0. The number of hydrogen-bond acceptors (Lipinski definition) is 7. The predicted molar refractivity (Wildman–Crippen MR) is 69.8 cm³/mol. The molecule has 0 rings (SSSR count). The number of nitrogens with one attached hydrogen (secondary N) is 1. The summed E-state index contributed by atoms with van der Waals surface area (Å²) in [6, 6.07) is -0.472.